The van der Waals surface area contributed by atoms with Crippen molar-refractivity contribution in [1.82, 2.24) is 5.32 Å². The molecule has 0 aromatic heterocycles. The number of benzene rings is 1. The van der Waals surface area contributed by atoms with Crippen molar-refractivity contribution in [1.29, 1.82) is 0 Å². The molecule has 1 rings (SSSR count). The molecule has 0 saturated heterocycles. The molecule has 17 heavy (non-hydrogen) atoms. The van der Waals surface area contributed by atoms with Gasteiger partial charge in [-0.25, -0.2) is 0 Å². The third kappa shape index (κ3) is 4.26. The highest BCUT2D eigenvalue weighted by molar-refractivity contribution is 9.10. The second kappa shape index (κ2) is 5.39. The molecule has 1 N–H and O–H groups in total. The number of alkyl halides is 3. The first kappa shape index (κ1) is 13.8. The lowest BCUT2D eigenvalue weighted by atomic mass is 10.2. The van der Waals surface area contributed by atoms with E-state index in [1.165, 1.54) is 19.2 Å². The zero-order chi connectivity index (χ0) is 13.1. The topological polar surface area (TPSA) is 38.3 Å². The summed E-state index contributed by atoms with van der Waals surface area (Å²) in [4.78, 5) is 11.5. The lowest BCUT2D eigenvalue weighted by molar-refractivity contribution is -0.123. The van der Waals surface area contributed by atoms with Crippen LogP contribution in [0.15, 0.2) is 22.7 Å². The zero-order valence-electron chi connectivity index (χ0n) is 8.77. The second-order valence-electron chi connectivity index (χ2n) is 3.14. The molecule has 0 saturated carbocycles. The van der Waals surface area contributed by atoms with Gasteiger partial charge in [-0.05, 0) is 34.1 Å². The average Bonchev–Trinajstić information content (AvgIpc) is 2.25. The summed E-state index contributed by atoms with van der Waals surface area (Å²) in [6.07, 6.45) is -4.43. The van der Waals surface area contributed by atoms with Crippen LogP contribution in [0.5, 0.6) is 5.75 Å². The Balaban J connectivity index is 2.81. The molecule has 0 aliphatic heterocycles. The van der Waals surface area contributed by atoms with Crippen LogP contribution in [0.1, 0.15) is 10.4 Å². The van der Waals surface area contributed by atoms with Gasteiger partial charge in [0.25, 0.3) is 5.91 Å². The van der Waals surface area contributed by atoms with Crippen LogP contribution < -0.4 is 10.1 Å². The van der Waals surface area contributed by atoms with Gasteiger partial charge in [0.2, 0.25) is 0 Å². The lowest BCUT2D eigenvalue weighted by Crippen LogP contribution is -2.33. The fourth-order valence-electron chi connectivity index (χ4n) is 1.08. The van der Waals surface area contributed by atoms with Gasteiger partial charge < -0.3 is 10.1 Å². The van der Waals surface area contributed by atoms with E-state index in [0.29, 0.717) is 10.2 Å². The highest BCUT2D eigenvalue weighted by Crippen LogP contribution is 2.22. The van der Waals surface area contributed by atoms with Crippen LogP contribution in [0.2, 0.25) is 0 Å². The highest BCUT2D eigenvalue weighted by atomic mass is 79.9. The van der Waals surface area contributed by atoms with E-state index in [2.05, 4.69) is 15.9 Å². The maximum atomic E-state index is 11.9. The van der Waals surface area contributed by atoms with Crippen molar-refractivity contribution in [2.75, 3.05) is 13.7 Å². The summed E-state index contributed by atoms with van der Waals surface area (Å²) in [5, 5.41) is 1.78. The third-order valence-corrected chi connectivity index (χ3v) is 2.56. The predicted octanol–water partition coefficient (Wildman–Crippen LogP) is 2.75. The Labute approximate surface area is 104 Å². The predicted molar refractivity (Wildman–Crippen MR) is 59.1 cm³/mol. The summed E-state index contributed by atoms with van der Waals surface area (Å²) in [5.74, 6) is -0.418. The maximum Gasteiger partial charge on any atom is 0.405 e. The molecule has 94 valence electrons. The monoisotopic (exact) mass is 311 g/mol. The van der Waals surface area contributed by atoms with E-state index in [9.17, 15) is 18.0 Å². The van der Waals surface area contributed by atoms with Gasteiger partial charge in [-0.1, -0.05) is 0 Å². The zero-order valence-corrected chi connectivity index (χ0v) is 10.4. The molecule has 0 heterocycles. The van der Waals surface area contributed by atoms with Crippen molar-refractivity contribution < 1.29 is 22.7 Å². The summed E-state index contributed by atoms with van der Waals surface area (Å²) in [6, 6.07) is 4.47. The first-order chi connectivity index (χ1) is 7.83. The normalized spacial score (nSPS) is 11.1. The Bertz CT molecular complexity index is 421. The van der Waals surface area contributed by atoms with Gasteiger partial charge in [0.1, 0.15) is 12.3 Å². The van der Waals surface area contributed by atoms with Crippen molar-refractivity contribution in [3.05, 3.63) is 28.2 Å². The molecule has 1 amide bonds. The SMILES string of the molecule is COc1ccc(Br)c(C(=O)NCC(F)(F)F)c1. The van der Waals surface area contributed by atoms with Crippen molar-refractivity contribution in [2.24, 2.45) is 0 Å². The van der Waals surface area contributed by atoms with E-state index in [1.54, 1.807) is 11.4 Å². The first-order valence-electron chi connectivity index (χ1n) is 4.52. The van der Waals surface area contributed by atoms with Gasteiger partial charge in [0.05, 0.1) is 12.7 Å². The molecule has 0 fully saturated rings. The second-order valence-corrected chi connectivity index (χ2v) is 4.00. The number of carbonyl (C=O) groups excluding carboxylic acids is 1. The summed E-state index contributed by atoms with van der Waals surface area (Å²) in [7, 11) is 1.40. The standard InChI is InChI=1S/C10H9BrF3NO2/c1-17-6-2-3-8(11)7(4-6)9(16)15-5-10(12,13)14/h2-4H,5H2,1H3,(H,15,16). The van der Waals surface area contributed by atoms with Gasteiger partial charge in [-0.3, -0.25) is 4.79 Å². The molecule has 7 heteroatoms. The van der Waals surface area contributed by atoms with Crippen molar-refractivity contribution >= 4 is 21.8 Å². The van der Waals surface area contributed by atoms with E-state index in [1.807, 2.05) is 0 Å². The maximum absolute atomic E-state index is 11.9. The Morgan fingerprint density at radius 3 is 2.65 bits per heavy atom. The lowest BCUT2D eigenvalue weighted by Gasteiger charge is -2.10. The molecule has 0 aliphatic rings. The van der Waals surface area contributed by atoms with Crippen LogP contribution >= 0.6 is 15.9 Å². The van der Waals surface area contributed by atoms with Crippen LogP contribution in [-0.4, -0.2) is 25.7 Å². The molecule has 0 bridgehead atoms. The van der Waals surface area contributed by atoms with Crippen LogP contribution in [-0.2, 0) is 0 Å². The van der Waals surface area contributed by atoms with E-state index in [0.717, 1.165) is 0 Å². The quantitative estimate of drug-likeness (QED) is 0.932. The average molecular weight is 312 g/mol. The van der Waals surface area contributed by atoms with Crippen molar-refractivity contribution in [3.8, 4) is 5.75 Å². The van der Waals surface area contributed by atoms with Crippen LogP contribution in [0, 0.1) is 0 Å². The largest absolute Gasteiger partial charge is 0.497 e. The molecule has 0 aliphatic carbocycles. The van der Waals surface area contributed by atoms with Gasteiger partial charge >= 0.3 is 6.18 Å². The van der Waals surface area contributed by atoms with Crippen molar-refractivity contribution in [3.63, 3.8) is 0 Å². The highest BCUT2D eigenvalue weighted by Gasteiger charge is 2.28. The molecule has 0 spiro atoms. The Kier molecular flexibility index (Phi) is 4.39. The Morgan fingerprint density at radius 2 is 2.12 bits per heavy atom. The van der Waals surface area contributed by atoms with E-state index < -0.39 is 18.6 Å². The summed E-state index contributed by atoms with van der Waals surface area (Å²) in [6.45, 7) is -1.37. The Hall–Kier alpha value is -1.24. The van der Waals surface area contributed by atoms with Crippen LogP contribution in [0.4, 0.5) is 13.2 Å². The molecule has 1 aromatic rings. The van der Waals surface area contributed by atoms with Crippen LogP contribution in [0.25, 0.3) is 0 Å². The number of amides is 1. The summed E-state index contributed by atoms with van der Waals surface area (Å²) in [5.41, 5.74) is 0.0913. The van der Waals surface area contributed by atoms with Gasteiger partial charge in [0.15, 0.2) is 0 Å². The number of halogens is 4. The van der Waals surface area contributed by atoms with E-state index >= 15 is 0 Å². The number of carbonyl (C=O) groups is 1. The number of rotatable bonds is 3. The van der Waals surface area contributed by atoms with E-state index in [4.69, 9.17) is 4.74 Å². The van der Waals surface area contributed by atoms with Gasteiger partial charge in [-0.2, -0.15) is 13.2 Å². The minimum Gasteiger partial charge on any atom is -0.497 e. The van der Waals surface area contributed by atoms with Crippen molar-refractivity contribution in [2.45, 2.75) is 6.18 Å². The fraction of sp³-hybridized carbons (Fsp3) is 0.300. The minimum atomic E-state index is -4.43. The Morgan fingerprint density at radius 1 is 1.47 bits per heavy atom. The summed E-state index contributed by atoms with van der Waals surface area (Å²) < 4.78 is 41.1. The molecular weight excluding hydrogens is 303 g/mol. The first-order valence-corrected chi connectivity index (χ1v) is 5.31. The van der Waals surface area contributed by atoms with Crippen LogP contribution in [0.3, 0.4) is 0 Å². The third-order valence-electron chi connectivity index (χ3n) is 1.87. The number of methoxy groups -OCH3 is 1. The fourth-order valence-corrected chi connectivity index (χ4v) is 1.51. The van der Waals surface area contributed by atoms with Gasteiger partial charge in [-0.15, -0.1) is 0 Å². The molecule has 0 atom stereocenters. The smallest absolute Gasteiger partial charge is 0.405 e. The molecule has 3 nitrogen and oxygen atoms in total. The molecule has 0 radical (unpaired) electrons. The molecular formula is C10H9BrF3NO2. The summed E-state index contributed by atoms with van der Waals surface area (Å²) >= 11 is 3.08. The minimum absolute atomic E-state index is 0.0913. The number of hydrogen-bond acceptors (Lipinski definition) is 2. The number of nitrogens with one attached hydrogen (secondary N) is 1. The van der Waals surface area contributed by atoms with E-state index in [-0.39, 0.29) is 5.56 Å². The molecule has 1 aromatic carbocycles. The van der Waals surface area contributed by atoms with Gasteiger partial charge in [0, 0.05) is 4.47 Å². The molecule has 0 unspecified atom stereocenters. The number of ether oxygens (including phenoxy) is 1. The number of hydrogen-bond donors (Lipinski definition) is 1.